The number of rotatable bonds is 4. The van der Waals surface area contributed by atoms with Crippen molar-refractivity contribution in [1.82, 2.24) is 4.98 Å². The van der Waals surface area contributed by atoms with E-state index in [4.69, 9.17) is 4.74 Å². The number of thioether (sulfide) groups is 1. The van der Waals surface area contributed by atoms with Crippen LogP contribution in [0.1, 0.15) is 16.8 Å². The first-order valence-electron chi connectivity index (χ1n) is 7.08. The van der Waals surface area contributed by atoms with Crippen LogP contribution in [0.25, 0.3) is 0 Å². The molecule has 120 valence electrons. The number of benzene rings is 1. The van der Waals surface area contributed by atoms with Crippen LogP contribution in [-0.4, -0.2) is 28.5 Å². The molecular weight excluding hydrogens is 383 g/mol. The molecule has 2 aromatic rings. The highest BCUT2D eigenvalue weighted by Gasteiger charge is 2.18. The van der Waals surface area contributed by atoms with Gasteiger partial charge in [-0.2, -0.15) is 11.8 Å². The molecule has 1 saturated heterocycles. The van der Waals surface area contributed by atoms with Crippen LogP contribution in [0, 0.1) is 5.82 Å². The van der Waals surface area contributed by atoms with Crippen LogP contribution in [-0.2, 0) is 0 Å². The van der Waals surface area contributed by atoms with Crippen LogP contribution in [0.4, 0.5) is 10.1 Å². The van der Waals surface area contributed by atoms with E-state index in [0.29, 0.717) is 15.9 Å². The highest BCUT2D eigenvalue weighted by atomic mass is 79.9. The zero-order valence-electron chi connectivity index (χ0n) is 12.1. The van der Waals surface area contributed by atoms with Gasteiger partial charge in [-0.25, -0.2) is 9.37 Å². The van der Waals surface area contributed by atoms with Crippen molar-refractivity contribution in [3.05, 3.63) is 52.4 Å². The van der Waals surface area contributed by atoms with Gasteiger partial charge in [-0.15, -0.1) is 0 Å². The van der Waals surface area contributed by atoms with Crippen molar-refractivity contribution in [2.45, 2.75) is 12.5 Å². The van der Waals surface area contributed by atoms with Gasteiger partial charge in [-0.3, -0.25) is 4.79 Å². The second kappa shape index (κ2) is 7.31. The van der Waals surface area contributed by atoms with E-state index in [0.717, 1.165) is 17.9 Å². The molecular formula is C16H14BrFN2O2S. The summed E-state index contributed by atoms with van der Waals surface area (Å²) in [6, 6.07) is 7.74. The van der Waals surface area contributed by atoms with E-state index in [1.54, 1.807) is 18.2 Å². The summed E-state index contributed by atoms with van der Waals surface area (Å²) < 4.78 is 20.1. The Morgan fingerprint density at radius 1 is 1.39 bits per heavy atom. The number of pyridine rings is 1. The first-order valence-corrected chi connectivity index (χ1v) is 9.03. The summed E-state index contributed by atoms with van der Waals surface area (Å²) >= 11 is 5.03. The number of carbonyl (C=O) groups is 1. The summed E-state index contributed by atoms with van der Waals surface area (Å²) in [6.45, 7) is 0. The molecule has 0 saturated carbocycles. The fourth-order valence-corrected chi connectivity index (χ4v) is 3.57. The third-order valence-corrected chi connectivity index (χ3v) is 4.98. The minimum Gasteiger partial charge on any atom is -0.473 e. The van der Waals surface area contributed by atoms with Gasteiger partial charge < -0.3 is 10.1 Å². The lowest BCUT2D eigenvalue weighted by Gasteiger charge is -2.11. The van der Waals surface area contributed by atoms with E-state index >= 15 is 0 Å². The normalized spacial score (nSPS) is 17.0. The van der Waals surface area contributed by atoms with Gasteiger partial charge in [-0.1, -0.05) is 15.9 Å². The van der Waals surface area contributed by atoms with Gasteiger partial charge in [0.1, 0.15) is 11.9 Å². The smallest absolute Gasteiger partial charge is 0.257 e. The van der Waals surface area contributed by atoms with Gasteiger partial charge in [0.05, 0.1) is 11.3 Å². The molecule has 4 nitrogen and oxygen atoms in total. The molecule has 1 atom stereocenters. The standard InChI is InChI=1S/C16H14BrFN2O2S/c17-11-2-3-14(13(18)7-11)20-16(21)10-1-4-15(19-8-10)22-12-5-6-23-9-12/h1-4,7-8,12H,5-6,9H2,(H,20,21). The van der Waals surface area contributed by atoms with E-state index < -0.39 is 11.7 Å². The second-order valence-corrected chi connectivity index (χ2v) is 7.13. The summed E-state index contributed by atoms with van der Waals surface area (Å²) in [5.74, 6) is 1.65. The average molecular weight is 397 g/mol. The zero-order valence-corrected chi connectivity index (χ0v) is 14.5. The number of nitrogens with one attached hydrogen (secondary N) is 1. The van der Waals surface area contributed by atoms with Gasteiger partial charge in [0.25, 0.3) is 5.91 Å². The fourth-order valence-electron chi connectivity index (χ4n) is 2.15. The maximum atomic E-state index is 13.7. The molecule has 1 N–H and O–H groups in total. The highest BCUT2D eigenvalue weighted by molar-refractivity contribution is 9.10. The summed E-state index contributed by atoms with van der Waals surface area (Å²) in [6.07, 6.45) is 2.63. The molecule has 2 heterocycles. The molecule has 1 unspecified atom stereocenters. The molecule has 0 aliphatic carbocycles. The predicted molar refractivity (Wildman–Crippen MR) is 92.6 cm³/mol. The number of carbonyl (C=O) groups excluding carboxylic acids is 1. The van der Waals surface area contributed by atoms with Crippen LogP contribution in [0.2, 0.25) is 0 Å². The lowest BCUT2D eigenvalue weighted by Crippen LogP contribution is -2.16. The molecule has 23 heavy (non-hydrogen) atoms. The molecule has 1 fully saturated rings. The number of nitrogens with zero attached hydrogens (tertiary/aromatic N) is 1. The number of amides is 1. The SMILES string of the molecule is O=C(Nc1ccc(Br)cc1F)c1ccc(OC2CCSC2)nc1. The topological polar surface area (TPSA) is 51.2 Å². The molecule has 1 amide bonds. The largest absolute Gasteiger partial charge is 0.473 e. The first kappa shape index (κ1) is 16.3. The Balaban J connectivity index is 1.65. The first-order chi connectivity index (χ1) is 11.1. The zero-order chi connectivity index (χ0) is 16.2. The number of ether oxygens (including phenoxy) is 1. The molecule has 1 aliphatic rings. The Kier molecular flexibility index (Phi) is 5.17. The van der Waals surface area contributed by atoms with Crippen LogP contribution in [0.5, 0.6) is 5.88 Å². The minimum atomic E-state index is -0.501. The monoisotopic (exact) mass is 396 g/mol. The molecule has 0 bridgehead atoms. The highest BCUT2D eigenvalue weighted by Crippen LogP contribution is 2.23. The van der Waals surface area contributed by atoms with Gasteiger partial charge in [0.2, 0.25) is 5.88 Å². The molecule has 0 radical (unpaired) electrons. The molecule has 1 aliphatic heterocycles. The lowest BCUT2D eigenvalue weighted by molar-refractivity contribution is 0.102. The molecule has 7 heteroatoms. The summed E-state index contributed by atoms with van der Waals surface area (Å²) in [5.41, 5.74) is 0.474. The molecule has 1 aromatic carbocycles. The van der Waals surface area contributed by atoms with Crippen molar-refractivity contribution >= 4 is 39.3 Å². The summed E-state index contributed by atoms with van der Waals surface area (Å²) in [5, 5.41) is 2.53. The Hall–Kier alpha value is -1.60. The number of halogens is 2. The van der Waals surface area contributed by atoms with Crippen molar-refractivity contribution in [2.75, 3.05) is 16.8 Å². The third kappa shape index (κ3) is 4.23. The van der Waals surface area contributed by atoms with Crippen molar-refractivity contribution in [3.63, 3.8) is 0 Å². The third-order valence-electron chi connectivity index (χ3n) is 3.35. The Morgan fingerprint density at radius 3 is 2.91 bits per heavy atom. The minimum absolute atomic E-state index is 0.126. The number of hydrogen-bond acceptors (Lipinski definition) is 4. The van der Waals surface area contributed by atoms with Gasteiger partial charge in [-0.05, 0) is 36.4 Å². The van der Waals surface area contributed by atoms with Crippen LogP contribution in [0.3, 0.4) is 0 Å². The van der Waals surface area contributed by atoms with Crippen molar-refractivity contribution in [2.24, 2.45) is 0 Å². The van der Waals surface area contributed by atoms with E-state index in [1.807, 2.05) is 11.8 Å². The van der Waals surface area contributed by atoms with Crippen LogP contribution >= 0.6 is 27.7 Å². The second-order valence-electron chi connectivity index (χ2n) is 5.07. The number of aromatic nitrogens is 1. The van der Waals surface area contributed by atoms with Gasteiger partial charge >= 0.3 is 0 Å². The number of anilines is 1. The number of hydrogen-bond donors (Lipinski definition) is 1. The molecule has 0 spiro atoms. The summed E-state index contributed by atoms with van der Waals surface area (Å²) in [4.78, 5) is 16.3. The Bertz CT molecular complexity index is 706. The lowest BCUT2D eigenvalue weighted by atomic mass is 10.2. The van der Waals surface area contributed by atoms with Gasteiger partial charge in [0.15, 0.2) is 0 Å². The maximum Gasteiger partial charge on any atom is 0.257 e. The Labute approximate surface area is 146 Å². The maximum absolute atomic E-state index is 13.7. The van der Waals surface area contributed by atoms with E-state index in [9.17, 15) is 9.18 Å². The van der Waals surface area contributed by atoms with E-state index in [1.165, 1.54) is 18.3 Å². The Morgan fingerprint density at radius 2 is 2.26 bits per heavy atom. The van der Waals surface area contributed by atoms with E-state index in [-0.39, 0.29) is 11.8 Å². The summed E-state index contributed by atoms with van der Waals surface area (Å²) in [7, 11) is 0. The van der Waals surface area contributed by atoms with Crippen LogP contribution in [0.15, 0.2) is 41.0 Å². The van der Waals surface area contributed by atoms with Crippen molar-refractivity contribution < 1.29 is 13.9 Å². The average Bonchev–Trinajstić information content (AvgIpc) is 3.04. The quantitative estimate of drug-likeness (QED) is 0.844. The van der Waals surface area contributed by atoms with E-state index in [2.05, 4.69) is 26.2 Å². The molecule has 1 aromatic heterocycles. The van der Waals surface area contributed by atoms with Crippen molar-refractivity contribution in [3.8, 4) is 5.88 Å². The van der Waals surface area contributed by atoms with Crippen LogP contribution < -0.4 is 10.1 Å². The fraction of sp³-hybridized carbons (Fsp3) is 0.250. The van der Waals surface area contributed by atoms with Crippen molar-refractivity contribution in [1.29, 1.82) is 0 Å². The predicted octanol–water partition coefficient (Wildman–Crippen LogP) is 4.12. The molecule has 3 rings (SSSR count). The van der Waals surface area contributed by atoms with Gasteiger partial charge in [0, 0.05) is 22.5 Å².